The number of aryl methyl sites for hydroxylation is 1. The Kier molecular flexibility index (Phi) is 9.09. The lowest BCUT2D eigenvalue weighted by Gasteiger charge is -2.53. The highest BCUT2D eigenvalue weighted by Crippen LogP contribution is 2.44. The highest BCUT2D eigenvalue weighted by molar-refractivity contribution is 7.17. The second-order valence-corrected chi connectivity index (χ2v) is 15.8. The van der Waals surface area contributed by atoms with Gasteiger partial charge in [0.15, 0.2) is 0 Å². The zero-order valence-electron chi connectivity index (χ0n) is 30.5. The molecule has 0 atom stereocenters. The number of fused-ring (bicyclic) bond motifs is 4. The number of pyridine rings is 1. The first-order chi connectivity index (χ1) is 27.1. The van der Waals surface area contributed by atoms with Gasteiger partial charge in [0, 0.05) is 65.3 Å². The summed E-state index contributed by atoms with van der Waals surface area (Å²) in [7, 11) is 0. The number of anilines is 4. The summed E-state index contributed by atoms with van der Waals surface area (Å²) in [6.07, 6.45) is 2.39. The molecule has 9 nitrogen and oxygen atoms in total. The van der Waals surface area contributed by atoms with Gasteiger partial charge in [-0.15, -0.1) is 11.3 Å². The quantitative estimate of drug-likeness (QED) is 0.176. The number of carbonyl (C=O) groups is 3. The number of benzene rings is 4. The number of nitrogens with zero attached hydrogens (tertiary/aromatic N) is 3. The second kappa shape index (κ2) is 14.3. The Balaban J connectivity index is 0.940. The molecule has 0 unspecified atom stereocenters. The van der Waals surface area contributed by atoms with Gasteiger partial charge in [0.25, 0.3) is 17.7 Å². The molecule has 9 rings (SSSR count). The van der Waals surface area contributed by atoms with Crippen molar-refractivity contribution in [3.8, 4) is 10.4 Å². The zero-order valence-corrected chi connectivity index (χ0v) is 31.3. The lowest BCUT2D eigenvalue weighted by Crippen LogP contribution is -2.59. The van der Waals surface area contributed by atoms with Crippen LogP contribution in [0.5, 0.6) is 0 Å². The van der Waals surface area contributed by atoms with E-state index in [-0.39, 0.29) is 29.5 Å². The number of nitrogens with one attached hydrogen (secondary N) is 2. The molecule has 6 aromatic rings. The standard InChI is InChI=1S/C44H37F2N5O4S/c1-26-5-4-7-34(46)38(26)49-42(53)37-22-29-15-18-51(36-23-30(45)11-14-32(36)39(29)56-37)43(54)27-9-12-31(13-10-27)47-41(52)33-21-28-6-2-3-8-35(28)48-40(33)50-24-44(25-50)16-19-55-20-17-44/h2-14,21-23H,15-20,24-25H2,1H3,(H,47,52)(H,49,53). The van der Waals surface area contributed by atoms with Crippen LogP contribution in [0.1, 0.15) is 54.4 Å². The molecule has 2 saturated heterocycles. The van der Waals surface area contributed by atoms with Gasteiger partial charge >= 0.3 is 0 Å². The van der Waals surface area contributed by atoms with E-state index in [4.69, 9.17) is 9.72 Å². The normalized spacial score (nSPS) is 15.8. The van der Waals surface area contributed by atoms with Crippen molar-refractivity contribution in [1.29, 1.82) is 0 Å². The van der Waals surface area contributed by atoms with Crippen molar-refractivity contribution < 1.29 is 27.9 Å². The van der Waals surface area contributed by atoms with Gasteiger partial charge in [-0.25, -0.2) is 13.8 Å². The zero-order chi connectivity index (χ0) is 38.6. The van der Waals surface area contributed by atoms with Gasteiger partial charge in [-0.05, 0) is 104 Å². The summed E-state index contributed by atoms with van der Waals surface area (Å²) < 4.78 is 34.9. The summed E-state index contributed by atoms with van der Waals surface area (Å²) >= 11 is 1.22. The Bertz CT molecular complexity index is 2520. The molecular weight excluding hydrogens is 733 g/mol. The molecule has 3 aliphatic heterocycles. The minimum absolute atomic E-state index is 0.122. The van der Waals surface area contributed by atoms with E-state index in [1.807, 2.05) is 30.3 Å². The molecule has 2 fully saturated rings. The fourth-order valence-corrected chi connectivity index (χ4v) is 9.14. The van der Waals surface area contributed by atoms with Crippen LogP contribution < -0.4 is 20.4 Å². The van der Waals surface area contributed by atoms with Crippen LogP contribution in [0.25, 0.3) is 21.3 Å². The molecule has 0 aliphatic carbocycles. The Morgan fingerprint density at radius 2 is 1.64 bits per heavy atom. The van der Waals surface area contributed by atoms with E-state index in [1.165, 1.54) is 29.5 Å². The fraction of sp³-hybridized carbons (Fsp3) is 0.227. The third-order valence-electron chi connectivity index (χ3n) is 11.1. The highest BCUT2D eigenvalue weighted by atomic mass is 32.1. The van der Waals surface area contributed by atoms with E-state index >= 15 is 0 Å². The monoisotopic (exact) mass is 769 g/mol. The summed E-state index contributed by atoms with van der Waals surface area (Å²) in [4.78, 5) is 51.0. The molecule has 56 heavy (non-hydrogen) atoms. The first-order valence-electron chi connectivity index (χ1n) is 18.6. The summed E-state index contributed by atoms with van der Waals surface area (Å²) in [5, 5.41) is 6.57. The molecule has 4 aromatic carbocycles. The highest BCUT2D eigenvalue weighted by Gasteiger charge is 2.45. The van der Waals surface area contributed by atoms with Crippen LogP contribution in [0.4, 0.5) is 31.7 Å². The SMILES string of the molecule is Cc1cccc(F)c1NC(=O)c1cc2c(s1)-c1ccc(F)cc1N(C(=O)c1ccc(NC(=O)c3cc4ccccc4nc3N3CC4(CCOCC4)C3)cc1)CC2. The van der Waals surface area contributed by atoms with Gasteiger partial charge in [0.1, 0.15) is 17.5 Å². The van der Waals surface area contributed by atoms with Gasteiger partial charge in [0.2, 0.25) is 0 Å². The number of carbonyl (C=O) groups excluding carboxylic acids is 3. The van der Waals surface area contributed by atoms with Crippen LogP contribution in [0, 0.1) is 24.0 Å². The van der Waals surface area contributed by atoms with E-state index in [2.05, 4.69) is 15.5 Å². The topological polar surface area (TPSA) is 104 Å². The molecule has 0 bridgehead atoms. The maximum absolute atomic E-state index is 14.8. The Morgan fingerprint density at radius 3 is 2.43 bits per heavy atom. The first-order valence-corrected chi connectivity index (χ1v) is 19.4. The van der Waals surface area contributed by atoms with E-state index in [0.717, 1.165) is 60.5 Å². The van der Waals surface area contributed by atoms with Crippen molar-refractivity contribution in [2.45, 2.75) is 26.2 Å². The van der Waals surface area contributed by atoms with Crippen molar-refractivity contribution in [2.75, 3.05) is 53.3 Å². The Labute approximate surface area is 325 Å². The minimum Gasteiger partial charge on any atom is -0.381 e. The van der Waals surface area contributed by atoms with E-state index < -0.39 is 17.5 Å². The summed E-state index contributed by atoms with van der Waals surface area (Å²) in [5.41, 5.74) is 4.91. The summed E-state index contributed by atoms with van der Waals surface area (Å²) in [6, 6.07) is 26.9. The van der Waals surface area contributed by atoms with Crippen LogP contribution in [0.2, 0.25) is 0 Å². The van der Waals surface area contributed by atoms with Crippen LogP contribution in [-0.2, 0) is 11.2 Å². The van der Waals surface area contributed by atoms with E-state index in [0.29, 0.717) is 50.7 Å². The molecule has 0 saturated carbocycles. The van der Waals surface area contributed by atoms with Crippen LogP contribution in [0.15, 0.2) is 97.1 Å². The number of halogens is 2. The van der Waals surface area contributed by atoms with Crippen molar-refractivity contribution in [2.24, 2.45) is 5.41 Å². The van der Waals surface area contributed by atoms with Gasteiger partial charge in [-0.3, -0.25) is 14.4 Å². The second-order valence-electron chi connectivity index (χ2n) is 14.8. The van der Waals surface area contributed by atoms with Gasteiger partial charge < -0.3 is 25.2 Å². The van der Waals surface area contributed by atoms with Crippen molar-refractivity contribution in [3.63, 3.8) is 0 Å². The van der Waals surface area contributed by atoms with Crippen molar-refractivity contribution >= 4 is 62.8 Å². The number of hydrogen-bond acceptors (Lipinski definition) is 7. The molecule has 12 heteroatoms. The Morgan fingerprint density at radius 1 is 0.857 bits per heavy atom. The number of para-hydroxylation sites is 2. The smallest absolute Gasteiger partial charge is 0.265 e. The number of ether oxygens (including phenoxy) is 1. The maximum Gasteiger partial charge on any atom is 0.265 e. The van der Waals surface area contributed by atoms with Gasteiger partial charge in [-0.1, -0.05) is 30.3 Å². The molecule has 1 spiro atoms. The van der Waals surface area contributed by atoms with E-state index in [1.54, 1.807) is 60.4 Å². The average molecular weight is 770 g/mol. The molecule has 3 amide bonds. The maximum atomic E-state index is 14.8. The summed E-state index contributed by atoms with van der Waals surface area (Å²) in [5.74, 6) is -1.46. The van der Waals surface area contributed by atoms with E-state index in [9.17, 15) is 23.2 Å². The molecule has 2 N–H and O–H groups in total. The lowest BCUT2D eigenvalue weighted by molar-refractivity contribution is -0.000492. The molecule has 0 radical (unpaired) electrons. The van der Waals surface area contributed by atoms with Crippen molar-refractivity contribution in [3.05, 3.63) is 136 Å². The van der Waals surface area contributed by atoms with Gasteiger partial charge in [0.05, 0.1) is 27.3 Å². The molecule has 2 aromatic heterocycles. The predicted octanol–water partition coefficient (Wildman–Crippen LogP) is 8.87. The van der Waals surface area contributed by atoms with Crippen LogP contribution in [-0.4, -0.2) is 55.6 Å². The number of thiophene rings is 1. The predicted molar refractivity (Wildman–Crippen MR) is 215 cm³/mol. The third-order valence-corrected chi connectivity index (χ3v) is 12.3. The van der Waals surface area contributed by atoms with Crippen LogP contribution >= 0.6 is 11.3 Å². The molecular formula is C44H37F2N5O4S. The number of amides is 3. The average Bonchev–Trinajstić information content (AvgIpc) is 3.56. The molecule has 5 heterocycles. The Hall–Kier alpha value is -5.98. The number of hydrogen-bond donors (Lipinski definition) is 2. The minimum atomic E-state index is -0.524. The lowest BCUT2D eigenvalue weighted by atomic mass is 9.73. The summed E-state index contributed by atoms with van der Waals surface area (Å²) in [6.45, 7) is 5.09. The van der Waals surface area contributed by atoms with Crippen LogP contribution in [0.3, 0.4) is 0 Å². The number of rotatable bonds is 6. The largest absolute Gasteiger partial charge is 0.381 e. The third kappa shape index (κ3) is 6.58. The van der Waals surface area contributed by atoms with Crippen molar-refractivity contribution in [1.82, 2.24) is 4.98 Å². The number of aromatic nitrogens is 1. The molecule has 3 aliphatic rings. The molecule has 282 valence electrons. The fourth-order valence-electron chi connectivity index (χ4n) is 8.00. The first kappa shape index (κ1) is 35.7. The van der Waals surface area contributed by atoms with Gasteiger partial charge in [-0.2, -0.15) is 0 Å².